The van der Waals surface area contributed by atoms with Gasteiger partial charge in [-0.3, -0.25) is 19.2 Å². The van der Waals surface area contributed by atoms with Gasteiger partial charge in [-0.05, 0) is 48.5 Å². The van der Waals surface area contributed by atoms with E-state index in [4.69, 9.17) is 0 Å². The molecular formula is C23H24N4O6S. The fourth-order valence-electron chi connectivity index (χ4n) is 3.58. The Morgan fingerprint density at radius 3 is 1.97 bits per heavy atom. The third-order valence-corrected chi connectivity index (χ3v) is 6.90. The standard InChI is InChI=1S/C23H24N4O6S/c1-4-13-26(34(32,33)20-11-7-18(8-12-20)25-16(3)29)21-14-22(30)27(23(21)31)19-9-5-17(6-10-19)24-15(2)28/h4-12,21H,1,13-14H2,2-3H3,(H,24,28)(H,25,29). The number of rotatable bonds is 8. The van der Waals surface area contributed by atoms with Gasteiger partial charge in [0.2, 0.25) is 27.7 Å². The molecule has 1 heterocycles. The van der Waals surface area contributed by atoms with Gasteiger partial charge in [-0.15, -0.1) is 6.58 Å². The lowest BCUT2D eigenvalue weighted by Gasteiger charge is -2.25. The monoisotopic (exact) mass is 484 g/mol. The molecular weight excluding hydrogens is 460 g/mol. The molecule has 0 radical (unpaired) electrons. The highest BCUT2D eigenvalue weighted by Gasteiger charge is 2.46. The minimum Gasteiger partial charge on any atom is -0.326 e. The van der Waals surface area contributed by atoms with Crippen LogP contribution in [0.1, 0.15) is 20.3 Å². The first-order valence-corrected chi connectivity index (χ1v) is 11.7. The molecule has 4 amide bonds. The van der Waals surface area contributed by atoms with Gasteiger partial charge in [0.1, 0.15) is 6.04 Å². The molecule has 34 heavy (non-hydrogen) atoms. The van der Waals surface area contributed by atoms with Crippen LogP contribution in [0.3, 0.4) is 0 Å². The maximum atomic E-state index is 13.4. The predicted molar refractivity (Wildman–Crippen MR) is 126 cm³/mol. The largest absolute Gasteiger partial charge is 0.326 e. The molecule has 1 aliphatic heterocycles. The van der Waals surface area contributed by atoms with E-state index in [-0.39, 0.29) is 35.4 Å². The lowest BCUT2D eigenvalue weighted by Crippen LogP contribution is -2.45. The maximum absolute atomic E-state index is 13.4. The molecule has 1 atom stereocenters. The van der Waals surface area contributed by atoms with Crippen LogP contribution in [-0.2, 0) is 29.2 Å². The summed E-state index contributed by atoms with van der Waals surface area (Å²) in [6.45, 7) is 6.08. The summed E-state index contributed by atoms with van der Waals surface area (Å²) in [4.78, 5) is 49.2. The molecule has 1 aliphatic rings. The summed E-state index contributed by atoms with van der Waals surface area (Å²) in [7, 11) is -4.17. The normalized spacial score (nSPS) is 16.0. The number of sulfonamides is 1. The molecule has 178 valence electrons. The number of nitrogens with zero attached hydrogens (tertiary/aromatic N) is 2. The van der Waals surface area contributed by atoms with E-state index in [9.17, 15) is 27.6 Å². The average Bonchev–Trinajstić information content (AvgIpc) is 3.05. The second kappa shape index (κ2) is 9.98. The summed E-state index contributed by atoms with van der Waals surface area (Å²) in [5, 5.41) is 5.14. The average molecular weight is 485 g/mol. The zero-order chi connectivity index (χ0) is 25.0. The lowest BCUT2D eigenvalue weighted by molar-refractivity contribution is -0.122. The van der Waals surface area contributed by atoms with Gasteiger partial charge in [0.25, 0.3) is 5.91 Å². The molecule has 1 unspecified atom stereocenters. The van der Waals surface area contributed by atoms with Crippen molar-refractivity contribution in [1.29, 1.82) is 0 Å². The van der Waals surface area contributed by atoms with Gasteiger partial charge >= 0.3 is 0 Å². The molecule has 2 N–H and O–H groups in total. The Hall–Kier alpha value is -3.83. The van der Waals surface area contributed by atoms with Crippen molar-refractivity contribution in [1.82, 2.24) is 4.31 Å². The van der Waals surface area contributed by atoms with E-state index < -0.39 is 27.9 Å². The van der Waals surface area contributed by atoms with Gasteiger partial charge in [0.15, 0.2) is 0 Å². The van der Waals surface area contributed by atoms with Crippen LogP contribution in [0.5, 0.6) is 0 Å². The summed E-state index contributed by atoms with van der Waals surface area (Å²) in [6, 6.07) is 10.3. The van der Waals surface area contributed by atoms with Gasteiger partial charge in [0, 0.05) is 31.8 Å². The molecule has 2 aromatic carbocycles. The van der Waals surface area contributed by atoms with Gasteiger partial charge in [0.05, 0.1) is 17.0 Å². The minimum absolute atomic E-state index is 0.0955. The molecule has 0 aliphatic carbocycles. The zero-order valence-corrected chi connectivity index (χ0v) is 19.5. The molecule has 10 nitrogen and oxygen atoms in total. The highest BCUT2D eigenvalue weighted by atomic mass is 32.2. The quantitative estimate of drug-likeness (QED) is 0.436. The van der Waals surface area contributed by atoms with Crippen LogP contribution in [0.4, 0.5) is 17.1 Å². The number of nitrogens with one attached hydrogen (secondary N) is 2. The second-order valence-electron chi connectivity index (χ2n) is 7.58. The van der Waals surface area contributed by atoms with Gasteiger partial charge < -0.3 is 10.6 Å². The van der Waals surface area contributed by atoms with Crippen LogP contribution in [0.15, 0.2) is 66.1 Å². The Balaban J connectivity index is 1.89. The molecule has 0 bridgehead atoms. The molecule has 1 fully saturated rings. The number of anilines is 3. The fourth-order valence-corrected chi connectivity index (χ4v) is 5.13. The Kier molecular flexibility index (Phi) is 7.28. The van der Waals surface area contributed by atoms with Crippen LogP contribution in [0.25, 0.3) is 0 Å². The summed E-state index contributed by atoms with van der Waals surface area (Å²) in [5.41, 5.74) is 1.18. The van der Waals surface area contributed by atoms with E-state index in [1.165, 1.54) is 56.3 Å². The van der Waals surface area contributed by atoms with Crippen molar-refractivity contribution in [2.75, 3.05) is 22.1 Å². The first-order chi connectivity index (χ1) is 16.0. The van der Waals surface area contributed by atoms with E-state index in [2.05, 4.69) is 17.2 Å². The van der Waals surface area contributed by atoms with Crippen LogP contribution in [0.2, 0.25) is 0 Å². The number of imide groups is 1. The van der Waals surface area contributed by atoms with Crippen LogP contribution < -0.4 is 15.5 Å². The zero-order valence-electron chi connectivity index (χ0n) is 18.6. The van der Waals surface area contributed by atoms with E-state index in [1.54, 1.807) is 12.1 Å². The highest BCUT2D eigenvalue weighted by molar-refractivity contribution is 7.89. The highest BCUT2D eigenvalue weighted by Crippen LogP contribution is 2.30. The minimum atomic E-state index is -4.17. The van der Waals surface area contributed by atoms with E-state index in [0.717, 1.165) is 9.21 Å². The van der Waals surface area contributed by atoms with Gasteiger partial charge in [-0.1, -0.05) is 6.08 Å². The SMILES string of the molecule is C=CCN(C1CC(=O)N(c2ccc(NC(C)=O)cc2)C1=O)S(=O)(=O)c1ccc(NC(C)=O)cc1. The van der Waals surface area contributed by atoms with Crippen molar-refractivity contribution in [3.63, 3.8) is 0 Å². The smallest absolute Gasteiger partial charge is 0.252 e. The summed E-state index contributed by atoms with van der Waals surface area (Å²) >= 11 is 0. The summed E-state index contributed by atoms with van der Waals surface area (Å²) < 4.78 is 27.7. The topological polar surface area (TPSA) is 133 Å². The summed E-state index contributed by atoms with van der Waals surface area (Å²) in [5.74, 6) is -1.80. The number of hydrogen-bond acceptors (Lipinski definition) is 6. The van der Waals surface area contributed by atoms with E-state index in [0.29, 0.717) is 11.4 Å². The van der Waals surface area contributed by atoms with Crippen molar-refractivity contribution < 1.29 is 27.6 Å². The fraction of sp³-hybridized carbons (Fsp3) is 0.217. The third-order valence-electron chi connectivity index (χ3n) is 5.01. The van der Waals surface area contributed by atoms with E-state index in [1.807, 2.05) is 0 Å². The Morgan fingerprint density at radius 2 is 1.50 bits per heavy atom. The first-order valence-electron chi connectivity index (χ1n) is 10.3. The number of amides is 4. The number of carbonyl (C=O) groups is 4. The van der Waals surface area contributed by atoms with Gasteiger partial charge in [-0.25, -0.2) is 13.3 Å². The Morgan fingerprint density at radius 1 is 1.00 bits per heavy atom. The molecule has 1 saturated heterocycles. The second-order valence-corrected chi connectivity index (χ2v) is 9.47. The molecule has 11 heteroatoms. The maximum Gasteiger partial charge on any atom is 0.252 e. The predicted octanol–water partition coefficient (Wildman–Crippen LogP) is 2.11. The van der Waals surface area contributed by atoms with Gasteiger partial charge in [-0.2, -0.15) is 4.31 Å². The van der Waals surface area contributed by atoms with Crippen molar-refractivity contribution >= 4 is 50.7 Å². The molecule has 0 saturated carbocycles. The molecule has 3 rings (SSSR count). The first kappa shape index (κ1) is 24.8. The molecule has 2 aromatic rings. The Bertz CT molecular complexity index is 1240. The molecule has 0 spiro atoms. The number of benzene rings is 2. The third kappa shape index (κ3) is 5.21. The van der Waals surface area contributed by atoms with Crippen molar-refractivity contribution in [3.05, 3.63) is 61.2 Å². The van der Waals surface area contributed by atoms with Crippen molar-refractivity contribution in [3.8, 4) is 0 Å². The number of carbonyl (C=O) groups excluding carboxylic acids is 4. The van der Waals surface area contributed by atoms with Crippen LogP contribution in [0, 0.1) is 0 Å². The van der Waals surface area contributed by atoms with Crippen molar-refractivity contribution in [2.24, 2.45) is 0 Å². The lowest BCUT2D eigenvalue weighted by atomic mass is 10.2. The Labute approximate surface area is 197 Å². The van der Waals surface area contributed by atoms with Crippen LogP contribution in [-0.4, -0.2) is 48.9 Å². The molecule has 0 aromatic heterocycles. The summed E-state index contributed by atoms with van der Waals surface area (Å²) in [6.07, 6.45) is 1.01. The number of hydrogen-bond donors (Lipinski definition) is 2. The van der Waals surface area contributed by atoms with Crippen LogP contribution >= 0.6 is 0 Å². The van der Waals surface area contributed by atoms with E-state index >= 15 is 0 Å². The van der Waals surface area contributed by atoms with Crippen molar-refractivity contribution in [2.45, 2.75) is 31.2 Å².